The molecule has 1 saturated heterocycles. The number of halogens is 4. The van der Waals surface area contributed by atoms with Gasteiger partial charge < -0.3 is 15.4 Å². The molecule has 1 aromatic carbocycles. The molecule has 0 aromatic heterocycles. The molecule has 2 N–H and O–H groups in total. The molecule has 1 fully saturated rings. The van der Waals surface area contributed by atoms with Crippen molar-refractivity contribution in [2.45, 2.75) is 25.9 Å². The van der Waals surface area contributed by atoms with E-state index in [9.17, 15) is 13.2 Å². The van der Waals surface area contributed by atoms with E-state index in [1.54, 1.807) is 7.11 Å². The van der Waals surface area contributed by atoms with Crippen LogP contribution in [0.4, 0.5) is 13.2 Å². The second-order valence-corrected chi connectivity index (χ2v) is 6.75. The van der Waals surface area contributed by atoms with Crippen LogP contribution in [0.15, 0.2) is 29.3 Å². The molecule has 1 aromatic rings. The van der Waals surface area contributed by atoms with Gasteiger partial charge in [-0.25, -0.2) is 0 Å². The fraction of sp³-hybridized carbons (Fsp3) is 0.632. The maximum absolute atomic E-state index is 12.5. The number of nitrogens with zero attached hydrogens (tertiary/aromatic N) is 2. The normalized spacial score (nSPS) is 17.9. The summed E-state index contributed by atoms with van der Waals surface area (Å²) in [5, 5.41) is 6.47. The van der Waals surface area contributed by atoms with Crippen LogP contribution in [0, 0.1) is 5.92 Å². The number of nitrogens with one attached hydrogen (secondary N) is 2. The zero-order chi connectivity index (χ0) is 19.7. The number of rotatable bonds is 8. The lowest BCUT2D eigenvalue weighted by molar-refractivity contribution is -0.143. The number of ether oxygens (including phenoxy) is 1. The number of hydrogen-bond donors (Lipinski definition) is 2. The van der Waals surface area contributed by atoms with E-state index >= 15 is 0 Å². The molecule has 1 heterocycles. The fourth-order valence-corrected chi connectivity index (χ4v) is 3.14. The van der Waals surface area contributed by atoms with Crippen LogP contribution in [0.3, 0.4) is 0 Å². The maximum atomic E-state index is 12.5. The SMILES string of the molecule is CCNC(=NCC1CCN(CC(F)(F)F)C1)NCCc1ccc(OC)cc1.I. The molecule has 1 unspecified atom stereocenters. The van der Waals surface area contributed by atoms with Gasteiger partial charge >= 0.3 is 6.18 Å². The Labute approximate surface area is 182 Å². The van der Waals surface area contributed by atoms with E-state index in [1.165, 1.54) is 10.5 Å². The third kappa shape index (κ3) is 9.31. The van der Waals surface area contributed by atoms with Crippen LogP contribution < -0.4 is 15.4 Å². The summed E-state index contributed by atoms with van der Waals surface area (Å²) < 4.78 is 42.6. The van der Waals surface area contributed by atoms with E-state index < -0.39 is 12.7 Å². The van der Waals surface area contributed by atoms with Crippen molar-refractivity contribution in [3.8, 4) is 5.75 Å². The van der Waals surface area contributed by atoms with Gasteiger partial charge in [-0.15, -0.1) is 24.0 Å². The molecule has 0 bridgehead atoms. The van der Waals surface area contributed by atoms with Crippen molar-refractivity contribution in [3.63, 3.8) is 0 Å². The molecule has 1 aliphatic rings. The van der Waals surface area contributed by atoms with Gasteiger partial charge in [0, 0.05) is 26.2 Å². The topological polar surface area (TPSA) is 48.9 Å². The highest BCUT2D eigenvalue weighted by atomic mass is 127. The number of guanidine groups is 1. The van der Waals surface area contributed by atoms with E-state index in [2.05, 4.69) is 15.6 Å². The zero-order valence-electron chi connectivity index (χ0n) is 16.4. The molecule has 2 rings (SSSR count). The van der Waals surface area contributed by atoms with Crippen molar-refractivity contribution in [3.05, 3.63) is 29.8 Å². The monoisotopic (exact) mass is 514 g/mol. The molecular weight excluding hydrogens is 484 g/mol. The molecule has 1 aliphatic heterocycles. The van der Waals surface area contributed by atoms with Gasteiger partial charge in [0.1, 0.15) is 5.75 Å². The minimum absolute atomic E-state index is 0. The Hall–Kier alpha value is -1.23. The number of methoxy groups -OCH3 is 1. The average molecular weight is 514 g/mol. The lowest BCUT2D eigenvalue weighted by Crippen LogP contribution is -2.38. The zero-order valence-corrected chi connectivity index (χ0v) is 18.7. The van der Waals surface area contributed by atoms with Crippen molar-refractivity contribution in [2.24, 2.45) is 10.9 Å². The van der Waals surface area contributed by atoms with E-state index in [4.69, 9.17) is 4.74 Å². The van der Waals surface area contributed by atoms with Gasteiger partial charge in [0.2, 0.25) is 0 Å². The molecule has 9 heteroatoms. The second kappa shape index (κ2) is 12.4. The molecular formula is C19H30F3IN4O. The lowest BCUT2D eigenvalue weighted by atomic mass is 10.1. The van der Waals surface area contributed by atoms with Crippen LogP contribution in [-0.4, -0.2) is 63.4 Å². The van der Waals surface area contributed by atoms with Crippen LogP contribution in [0.5, 0.6) is 5.75 Å². The minimum Gasteiger partial charge on any atom is -0.497 e. The van der Waals surface area contributed by atoms with Gasteiger partial charge in [0.15, 0.2) is 5.96 Å². The summed E-state index contributed by atoms with van der Waals surface area (Å²) in [6.07, 6.45) is -2.53. The van der Waals surface area contributed by atoms with Crippen molar-refractivity contribution in [2.75, 3.05) is 46.4 Å². The molecule has 0 saturated carbocycles. The number of benzene rings is 1. The van der Waals surface area contributed by atoms with Gasteiger partial charge in [0.05, 0.1) is 13.7 Å². The van der Waals surface area contributed by atoms with Crippen LogP contribution in [0.1, 0.15) is 18.9 Å². The maximum Gasteiger partial charge on any atom is 0.401 e. The fourth-order valence-electron chi connectivity index (χ4n) is 3.14. The lowest BCUT2D eigenvalue weighted by Gasteiger charge is -2.17. The molecule has 0 amide bonds. The molecule has 160 valence electrons. The van der Waals surface area contributed by atoms with Gasteiger partial charge in [0.25, 0.3) is 0 Å². The Kier molecular flexibility index (Phi) is 10.9. The summed E-state index contributed by atoms with van der Waals surface area (Å²) in [4.78, 5) is 6.01. The highest BCUT2D eigenvalue weighted by Gasteiger charge is 2.34. The van der Waals surface area contributed by atoms with E-state index in [0.717, 1.165) is 31.7 Å². The van der Waals surface area contributed by atoms with Crippen LogP contribution in [0.2, 0.25) is 0 Å². The van der Waals surface area contributed by atoms with E-state index in [0.29, 0.717) is 25.6 Å². The first kappa shape index (κ1) is 24.8. The van der Waals surface area contributed by atoms with Gasteiger partial charge in [-0.1, -0.05) is 12.1 Å². The average Bonchev–Trinajstić information content (AvgIpc) is 3.05. The molecule has 0 aliphatic carbocycles. The summed E-state index contributed by atoms with van der Waals surface area (Å²) in [6, 6.07) is 7.92. The Morgan fingerprint density at radius 2 is 1.96 bits per heavy atom. The second-order valence-electron chi connectivity index (χ2n) is 6.75. The van der Waals surface area contributed by atoms with E-state index in [1.807, 2.05) is 31.2 Å². The Balaban J connectivity index is 0.00000392. The Bertz CT molecular complexity index is 596. The summed E-state index contributed by atoms with van der Waals surface area (Å²) in [5.74, 6) is 1.71. The van der Waals surface area contributed by atoms with Gasteiger partial charge in [-0.05, 0) is 49.9 Å². The quantitative estimate of drug-likeness (QED) is 0.318. The summed E-state index contributed by atoms with van der Waals surface area (Å²) in [6.45, 7) is 4.10. The highest BCUT2D eigenvalue weighted by molar-refractivity contribution is 14.0. The van der Waals surface area contributed by atoms with E-state index in [-0.39, 0.29) is 29.9 Å². The Morgan fingerprint density at radius 1 is 1.25 bits per heavy atom. The van der Waals surface area contributed by atoms with Gasteiger partial charge in [-0.3, -0.25) is 9.89 Å². The summed E-state index contributed by atoms with van der Waals surface area (Å²) >= 11 is 0. The number of aliphatic imine (C=N–C) groups is 1. The van der Waals surface area contributed by atoms with Gasteiger partial charge in [-0.2, -0.15) is 13.2 Å². The molecule has 0 radical (unpaired) electrons. The largest absolute Gasteiger partial charge is 0.497 e. The summed E-state index contributed by atoms with van der Waals surface area (Å²) in [5.41, 5.74) is 1.19. The standard InChI is InChI=1S/C19H29F3N4O.HI/c1-3-23-18(24-10-8-15-4-6-17(27-2)7-5-15)25-12-16-9-11-26(13-16)14-19(20,21)22;/h4-7,16H,3,8-14H2,1-2H3,(H2,23,24,25);1H. The Morgan fingerprint density at radius 3 is 2.57 bits per heavy atom. The van der Waals surface area contributed by atoms with Crippen LogP contribution in [-0.2, 0) is 6.42 Å². The van der Waals surface area contributed by atoms with Crippen LogP contribution in [0.25, 0.3) is 0 Å². The third-order valence-corrected chi connectivity index (χ3v) is 4.49. The summed E-state index contributed by atoms with van der Waals surface area (Å²) in [7, 11) is 1.64. The first-order chi connectivity index (χ1) is 12.9. The minimum atomic E-state index is -4.13. The van der Waals surface area contributed by atoms with Crippen molar-refractivity contribution in [1.82, 2.24) is 15.5 Å². The highest BCUT2D eigenvalue weighted by Crippen LogP contribution is 2.22. The number of likely N-dealkylation sites (tertiary alicyclic amines) is 1. The predicted molar refractivity (Wildman–Crippen MR) is 117 cm³/mol. The number of hydrogen-bond acceptors (Lipinski definition) is 3. The van der Waals surface area contributed by atoms with Crippen LogP contribution >= 0.6 is 24.0 Å². The molecule has 0 spiro atoms. The van der Waals surface area contributed by atoms with Crippen molar-refractivity contribution in [1.29, 1.82) is 0 Å². The first-order valence-electron chi connectivity index (χ1n) is 9.34. The molecule has 28 heavy (non-hydrogen) atoms. The smallest absolute Gasteiger partial charge is 0.401 e. The predicted octanol–water partition coefficient (Wildman–Crippen LogP) is 3.30. The van der Waals surface area contributed by atoms with Crippen molar-refractivity contribution < 1.29 is 17.9 Å². The molecule has 1 atom stereocenters. The first-order valence-corrected chi connectivity index (χ1v) is 9.34. The van der Waals surface area contributed by atoms with Crippen molar-refractivity contribution >= 4 is 29.9 Å². The molecule has 5 nitrogen and oxygen atoms in total. The number of alkyl halides is 3. The third-order valence-electron chi connectivity index (χ3n) is 4.49.